The van der Waals surface area contributed by atoms with Crippen LogP contribution in [0.4, 0.5) is 0 Å². The molecule has 1 aromatic rings. The lowest BCUT2D eigenvalue weighted by Gasteiger charge is -2.37. The number of piperazine rings is 1. The highest BCUT2D eigenvalue weighted by Gasteiger charge is 2.42. The van der Waals surface area contributed by atoms with E-state index in [-0.39, 0.29) is 30.8 Å². The normalized spacial score (nSPS) is 20.4. The van der Waals surface area contributed by atoms with E-state index >= 15 is 0 Å². The molecule has 0 saturated carbocycles. The monoisotopic (exact) mass is 510 g/mol. The second-order valence-electron chi connectivity index (χ2n) is 8.38. The lowest BCUT2D eigenvalue weighted by molar-refractivity contribution is -0.166. The molecule has 4 atom stereocenters. The van der Waals surface area contributed by atoms with Crippen LogP contribution in [-0.2, 0) is 20.8 Å². The second-order valence-corrected chi connectivity index (χ2v) is 8.38. The first kappa shape index (κ1) is 27.0. The summed E-state index contributed by atoms with van der Waals surface area (Å²) in [4.78, 5) is 50.9. The molecule has 16 heteroatoms. The van der Waals surface area contributed by atoms with Crippen molar-refractivity contribution in [2.75, 3.05) is 19.6 Å². The number of phenols is 2. The van der Waals surface area contributed by atoms with Crippen molar-refractivity contribution < 1.29 is 54.4 Å². The first-order valence-electron chi connectivity index (χ1n) is 11.1. The summed E-state index contributed by atoms with van der Waals surface area (Å²) in [5, 5.41) is 64.7. The molecule has 36 heavy (non-hydrogen) atoms. The molecular weight excluding hydrogens is 483 g/mol. The van der Waals surface area contributed by atoms with Gasteiger partial charge in [0.05, 0.1) is 12.0 Å². The van der Waals surface area contributed by atoms with Crippen molar-refractivity contribution in [3.05, 3.63) is 17.2 Å². The molecule has 8 N–H and O–H groups in total. The SMILES string of the molecule is CCN1CCN(C(O)N[C@@H](C(=O)N[C@H]2Cc3cc(O)c(O)c(C(=O)O)c3OB2O)[C@@H](C)O)C(=O)C1=O. The van der Waals surface area contributed by atoms with Gasteiger partial charge < -0.3 is 45.4 Å². The molecule has 2 aliphatic rings. The van der Waals surface area contributed by atoms with Gasteiger partial charge in [0, 0.05) is 19.6 Å². The maximum absolute atomic E-state index is 12.9. The van der Waals surface area contributed by atoms with Crippen molar-refractivity contribution in [1.29, 1.82) is 0 Å². The number of fused-ring (bicyclic) bond motifs is 1. The second kappa shape index (κ2) is 10.6. The molecule has 3 rings (SSSR count). The number of carbonyl (C=O) groups excluding carboxylic acids is 3. The van der Waals surface area contributed by atoms with E-state index in [1.54, 1.807) is 6.92 Å². The summed E-state index contributed by atoms with van der Waals surface area (Å²) in [6.45, 7) is 3.37. The molecule has 1 saturated heterocycles. The van der Waals surface area contributed by atoms with Gasteiger partial charge in [-0.15, -0.1) is 0 Å². The molecule has 2 aliphatic heterocycles. The number of hydrogen-bond acceptors (Lipinski definition) is 11. The third-order valence-electron chi connectivity index (χ3n) is 5.99. The molecule has 0 radical (unpaired) electrons. The summed E-state index contributed by atoms with van der Waals surface area (Å²) in [5.74, 6) is -7.61. The number of nitrogens with zero attached hydrogens (tertiary/aromatic N) is 2. The smallest absolute Gasteiger partial charge is 0.534 e. The number of aliphatic hydroxyl groups is 2. The van der Waals surface area contributed by atoms with Crippen LogP contribution in [0.15, 0.2) is 6.07 Å². The zero-order valence-electron chi connectivity index (χ0n) is 19.4. The summed E-state index contributed by atoms with van der Waals surface area (Å²) in [6, 6.07) is -0.488. The number of aromatic carboxylic acids is 1. The third-order valence-corrected chi connectivity index (χ3v) is 5.99. The molecule has 15 nitrogen and oxygen atoms in total. The summed E-state index contributed by atoms with van der Waals surface area (Å²) in [5.41, 5.74) is -0.694. The highest BCUT2D eigenvalue weighted by molar-refractivity contribution is 6.47. The number of hydrogen-bond donors (Lipinski definition) is 8. The molecule has 0 aliphatic carbocycles. The predicted octanol–water partition coefficient (Wildman–Crippen LogP) is -3.46. The largest absolute Gasteiger partial charge is 0.547 e. The Balaban J connectivity index is 1.73. The Morgan fingerprint density at radius 2 is 1.89 bits per heavy atom. The maximum Gasteiger partial charge on any atom is 0.547 e. The molecule has 1 unspecified atom stereocenters. The van der Waals surface area contributed by atoms with Gasteiger partial charge in [0.2, 0.25) is 5.91 Å². The van der Waals surface area contributed by atoms with Crippen molar-refractivity contribution in [3.8, 4) is 17.2 Å². The van der Waals surface area contributed by atoms with Crippen molar-refractivity contribution >= 4 is 30.8 Å². The van der Waals surface area contributed by atoms with Gasteiger partial charge in [-0.25, -0.2) is 4.79 Å². The van der Waals surface area contributed by atoms with Gasteiger partial charge in [0.1, 0.15) is 17.4 Å². The van der Waals surface area contributed by atoms with E-state index in [9.17, 15) is 49.7 Å². The number of amides is 3. The Kier molecular flexibility index (Phi) is 7.93. The van der Waals surface area contributed by atoms with Crippen LogP contribution in [0.5, 0.6) is 17.2 Å². The zero-order chi connectivity index (χ0) is 26.9. The zero-order valence-corrected chi connectivity index (χ0v) is 19.4. The van der Waals surface area contributed by atoms with Gasteiger partial charge in [-0.1, -0.05) is 0 Å². The van der Waals surface area contributed by atoms with E-state index in [4.69, 9.17) is 4.65 Å². The number of aromatic hydroxyl groups is 2. The molecule has 2 heterocycles. The van der Waals surface area contributed by atoms with Gasteiger partial charge in [-0.05, 0) is 31.9 Å². The number of carbonyl (C=O) groups is 4. The van der Waals surface area contributed by atoms with Crippen LogP contribution in [-0.4, -0.2) is 115 Å². The quantitative estimate of drug-likeness (QED) is 0.0739. The van der Waals surface area contributed by atoms with E-state index in [2.05, 4.69) is 10.6 Å². The van der Waals surface area contributed by atoms with Gasteiger partial charge in [-0.2, -0.15) is 0 Å². The average Bonchev–Trinajstić information content (AvgIpc) is 2.80. The topological polar surface area (TPSA) is 229 Å². The predicted molar refractivity (Wildman–Crippen MR) is 120 cm³/mol. The summed E-state index contributed by atoms with van der Waals surface area (Å²) < 4.78 is 5.20. The number of nitrogens with one attached hydrogen (secondary N) is 2. The minimum Gasteiger partial charge on any atom is -0.534 e. The molecule has 3 amide bonds. The Morgan fingerprint density at radius 3 is 2.47 bits per heavy atom. The Morgan fingerprint density at radius 1 is 1.22 bits per heavy atom. The number of likely N-dealkylation sites (N-methyl/N-ethyl adjacent to an activating group) is 1. The van der Waals surface area contributed by atoms with Crippen LogP contribution in [0, 0.1) is 0 Å². The number of phenolic OH excluding ortho intramolecular Hbond substituents is 1. The lowest BCUT2D eigenvalue weighted by atomic mass is 9.72. The first-order valence-corrected chi connectivity index (χ1v) is 11.1. The molecule has 1 aromatic carbocycles. The van der Waals surface area contributed by atoms with E-state index < -0.39 is 72.3 Å². The fraction of sp³-hybridized carbons (Fsp3) is 0.500. The standard InChI is InChI=1S/C20H27BN4O11/c1-3-24-4-5-25(18(31)17(24)30)20(34)23-13(8(2)26)16(29)22-11-7-9-6-10(27)14(28)12(19(32)33)15(9)36-21(11)35/h6,8,11,13,20,23,26-28,34-35H,3-5,7H2,1-2H3,(H,22,29)(H,32,33)/t8-,11+,13-,20?/m1/s1. The van der Waals surface area contributed by atoms with Gasteiger partial charge in [0.25, 0.3) is 0 Å². The molecular formula is C20H27BN4O11. The third kappa shape index (κ3) is 5.16. The fourth-order valence-electron chi connectivity index (χ4n) is 4.02. The summed E-state index contributed by atoms with van der Waals surface area (Å²) >= 11 is 0. The number of benzene rings is 1. The van der Waals surface area contributed by atoms with Gasteiger partial charge in [-0.3, -0.25) is 24.6 Å². The fourth-order valence-corrected chi connectivity index (χ4v) is 4.02. The van der Waals surface area contributed by atoms with E-state index in [0.29, 0.717) is 6.54 Å². The average molecular weight is 510 g/mol. The van der Waals surface area contributed by atoms with Crippen LogP contribution >= 0.6 is 0 Å². The minimum absolute atomic E-state index is 0.0189. The Bertz CT molecular complexity index is 1070. The number of carboxylic acids is 1. The summed E-state index contributed by atoms with van der Waals surface area (Å²) in [6.07, 6.45) is -3.43. The Hall–Kier alpha value is -3.60. The van der Waals surface area contributed by atoms with E-state index in [1.807, 2.05) is 0 Å². The van der Waals surface area contributed by atoms with Crippen molar-refractivity contribution in [2.45, 2.75) is 44.7 Å². The molecule has 0 aromatic heterocycles. The van der Waals surface area contributed by atoms with Gasteiger partial charge >= 0.3 is 24.9 Å². The van der Waals surface area contributed by atoms with Crippen LogP contribution in [0.2, 0.25) is 0 Å². The van der Waals surface area contributed by atoms with Crippen LogP contribution < -0.4 is 15.3 Å². The number of aliphatic hydroxyl groups excluding tert-OH is 2. The van der Waals surface area contributed by atoms with Crippen molar-refractivity contribution in [3.63, 3.8) is 0 Å². The molecule has 196 valence electrons. The number of carboxylic acid groups (broad SMARTS) is 1. The maximum atomic E-state index is 12.9. The van der Waals surface area contributed by atoms with Crippen LogP contribution in [0.3, 0.4) is 0 Å². The Labute approximate surface area is 205 Å². The number of rotatable bonds is 8. The van der Waals surface area contributed by atoms with Crippen LogP contribution in [0.25, 0.3) is 0 Å². The first-order chi connectivity index (χ1) is 16.9. The van der Waals surface area contributed by atoms with E-state index in [0.717, 1.165) is 11.0 Å². The highest BCUT2D eigenvalue weighted by atomic mass is 16.5. The van der Waals surface area contributed by atoms with E-state index in [1.165, 1.54) is 11.8 Å². The van der Waals surface area contributed by atoms with Gasteiger partial charge in [0.15, 0.2) is 17.9 Å². The molecule has 0 bridgehead atoms. The van der Waals surface area contributed by atoms with Crippen LogP contribution in [0.1, 0.15) is 29.8 Å². The minimum atomic E-state index is -1.79. The molecule has 1 fully saturated rings. The molecule has 0 spiro atoms. The highest BCUT2D eigenvalue weighted by Crippen LogP contribution is 2.41. The summed E-state index contributed by atoms with van der Waals surface area (Å²) in [7, 11) is -1.77. The van der Waals surface area contributed by atoms with Crippen molar-refractivity contribution in [1.82, 2.24) is 20.4 Å². The lowest BCUT2D eigenvalue weighted by Crippen LogP contribution is -2.65. The van der Waals surface area contributed by atoms with Crippen molar-refractivity contribution in [2.24, 2.45) is 0 Å².